The minimum atomic E-state index is -0.126. The van der Waals surface area contributed by atoms with E-state index in [-0.39, 0.29) is 5.82 Å². The molecular formula is C20H22FN3. The number of aromatic nitrogens is 1. The zero-order valence-electron chi connectivity index (χ0n) is 13.9. The van der Waals surface area contributed by atoms with Crippen LogP contribution in [0.4, 0.5) is 10.1 Å². The van der Waals surface area contributed by atoms with Crippen LogP contribution < -0.4 is 4.90 Å². The predicted octanol–water partition coefficient (Wildman–Crippen LogP) is 3.94. The zero-order chi connectivity index (χ0) is 16.5. The van der Waals surface area contributed by atoms with Gasteiger partial charge >= 0.3 is 0 Å². The molecule has 1 fully saturated rings. The molecule has 3 aromatic rings. The van der Waals surface area contributed by atoms with Crippen LogP contribution in [0.5, 0.6) is 0 Å². The van der Waals surface area contributed by atoms with Crippen LogP contribution in [0.15, 0.2) is 48.5 Å². The molecule has 4 heteroatoms. The third-order valence-electron chi connectivity index (χ3n) is 4.97. The molecule has 1 saturated heterocycles. The Morgan fingerprint density at radius 2 is 1.67 bits per heavy atom. The van der Waals surface area contributed by atoms with Gasteiger partial charge in [-0.1, -0.05) is 30.3 Å². The smallest absolute Gasteiger partial charge is 0.146 e. The standard InChI is InChI=1S/C20H22FN3/c1-15-17(16-6-2-4-8-19(16)22-15)14-23-10-12-24(13-11-23)20-9-5-3-7-18(20)21/h2-9,22H,10-14H2,1H3. The third-order valence-corrected chi connectivity index (χ3v) is 4.97. The van der Waals surface area contributed by atoms with Crippen molar-refractivity contribution in [1.29, 1.82) is 0 Å². The highest BCUT2D eigenvalue weighted by Gasteiger charge is 2.20. The lowest BCUT2D eigenvalue weighted by molar-refractivity contribution is 0.249. The number of benzene rings is 2. The van der Waals surface area contributed by atoms with Gasteiger partial charge in [-0.25, -0.2) is 4.39 Å². The van der Waals surface area contributed by atoms with Gasteiger partial charge in [0.05, 0.1) is 5.69 Å². The fourth-order valence-electron chi connectivity index (χ4n) is 3.62. The Morgan fingerprint density at radius 1 is 0.958 bits per heavy atom. The number of halogens is 1. The molecule has 0 saturated carbocycles. The number of fused-ring (bicyclic) bond motifs is 1. The van der Waals surface area contributed by atoms with Crippen LogP contribution in [0, 0.1) is 12.7 Å². The number of aromatic amines is 1. The molecular weight excluding hydrogens is 301 g/mol. The third kappa shape index (κ3) is 2.78. The van der Waals surface area contributed by atoms with Gasteiger partial charge in [0.2, 0.25) is 0 Å². The van der Waals surface area contributed by atoms with Crippen molar-refractivity contribution in [3.63, 3.8) is 0 Å². The number of hydrogen-bond donors (Lipinski definition) is 1. The molecule has 0 atom stereocenters. The molecule has 1 aromatic heterocycles. The number of rotatable bonds is 3. The van der Waals surface area contributed by atoms with Crippen molar-refractivity contribution >= 4 is 16.6 Å². The summed E-state index contributed by atoms with van der Waals surface area (Å²) in [5.74, 6) is -0.126. The lowest BCUT2D eigenvalue weighted by Crippen LogP contribution is -2.46. The highest BCUT2D eigenvalue weighted by atomic mass is 19.1. The summed E-state index contributed by atoms with van der Waals surface area (Å²) < 4.78 is 13.9. The highest BCUT2D eigenvalue weighted by Crippen LogP contribution is 2.25. The van der Waals surface area contributed by atoms with Crippen LogP contribution >= 0.6 is 0 Å². The fraction of sp³-hybridized carbons (Fsp3) is 0.300. The summed E-state index contributed by atoms with van der Waals surface area (Å²) in [6.07, 6.45) is 0. The Kier molecular flexibility index (Phi) is 3.98. The Hall–Kier alpha value is -2.33. The molecule has 3 nitrogen and oxygen atoms in total. The summed E-state index contributed by atoms with van der Waals surface area (Å²) in [4.78, 5) is 8.08. The highest BCUT2D eigenvalue weighted by molar-refractivity contribution is 5.84. The quantitative estimate of drug-likeness (QED) is 0.789. The molecule has 0 bridgehead atoms. The van der Waals surface area contributed by atoms with E-state index in [1.807, 2.05) is 12.1 Å². The first-order valence-electron chi connectivity index (χ1n) is 8.50. The van der Waals surface area contributed by atoms with E-state index in [2.05, 4.69) is 46.0 Å². The number of aryl methyl sites for hydroxylation is 1. The lowest BCUT2D eigenvalue weighted by Gasteiger charge is -2.36. The molecule has 124 valence electrons. The van der Waals surface area contributed by atoms with Gasteiger partial charge < -0.3 is 9.88 Å². The largest absolute Gasteiger partial charge is 0.367 e. The van der Waals surface area contributed by atoms with Crippen molar-refractivity contribution in [3.05, 3.63) is 65.6 Å². The van der Waals surface area contributed by atoms with Gasteiger partial charge in [-0.3, -0.25) is 4.90 Å². The first kappa shape index (κ1) is 15.2. The fourth-order valence-corrected chi connectivity index (χ4v) is 3.62. The first-order valence-corrected chi connectivity index (χ1v) is 8.50. The summed E-state index contributed by atoms with van der Waals surface area (Å²) in [6.45, 7) is 6.72. The zero-order valence-corrected chi connectivity index (χ0v) is 13.9. The Morgan fingerprint density at radius 3 is 2.46 bits per heavy atom. The van der Waals surface area contributed by atoms with E-state index in [0.29, 0.717) is 0 Å². The molecule has 0 radical (unpaired) electrons. The minimum absolute atomic E-state index is 0.126. The van der Waals surface area contributed by atoms with Gasteiger partial charge in [-0.15, -0.1) is 0 Å². The van der Waals surface area contributed by atoms with E-state index in [4.69, 9.17) is 0 Å². The second-order valence-electron chi connectivity index (χ2n) is 6.49. The van der Waals surface area contributed by atoms with Gasteiger partial charge in [0.1, 0.15) is 5.82 Å². The van der Waals surface area contributed by atoms with E-state index in [1.54, 1.807) is 6.07 Å². The average Bonchev–Trinajstić information content (AvgIpc) is 2.92. The Labute approximate surface area is 141 Å². The van der Waals surface area contributed by atoms with Crippen LogP contribution in [-0.2, 0) is 6.54 Å². The summed E-state index contributed by atoms with van der Waals surface area (Å²) in [6, 6.07) is 15.5. The van der Waals surface area contributed by atoms with Crippen molar-refractivity contribution in [2.24, 2.45) is 0 Å². The maximum Gasteiger partial charge on any atom is 0.146 e. The van der Waals surface area contributed by atoms with Crippen LogP contribution in [0.1, 0.15) is 11.3 Å². The molecule has 24 heavy (non-hydrogen) atoms. The van der Waals surface area contributed by atoms with Crippen LogP contribution in [0.25, 0.3) is 10.9 Å². The van der Waals surface area contributed by atoms with Crippen LogP contribution in [0.3, 0.4) is 0 Å². The summed E-state index contributed by atoms with van der Waals surface area (Å²) in [5, 5.41) is 1.31. The topological polar surface area (TPSA) is 22.3 Å². The van der Waals surface area contributed by atoms with Crippen molar-refractivity contribution in [2.75, 3.05) is 31.1 Å². The normalized spacial score (nSPS) is 16.0. The van der Waals surface area contributed by atoms with Gasteiger partial charge in [0, 0.05) is 49.3 Å². The van der Waals surface area contributed by atoms with E-state index in [9.17, 15) is 4.39 Å². The molecule has 2 heterocycles. The van der Waals surface area contributed by atoms with E-state index < -0.39 is 0 Å². The summed E-state index contributed by atoms with van der Waals surface area (Å²) >= 11 is 0. The molecule has 0 unspecified atom stereocenters. The SMILES string of the molecule is Cc1[nH]c2ccccc2c1CN1CCN(c2ccccc2F)CC1. The van der Waals surface area contributed by atoms with Gasteiger partial charge in [-0.05, 0) is 30.7 Å². The number of piperazine rings is 1. The molecule has 0 aliphatic carbocycles. The van der Waals surface area contributed by atoms with Crippen molar-refractivity contribution in [1.82, 2.24) is 9.88 Å². The number of para-hydroxylation sites is 2. The minimum Gasteiger partial charge on any atom is -0.367 e. The second-order valence-corrected chi connectivity index (χ2v) is 6.49. The number of hydrogen-bond acceptors (Lipinski definition) is 2. The average molecular weight is 323 g/mol. The number of H-pyrrole nitrogens is 1. The molecule has 0 amide bonds. The van der Waals surface area contributed by atoms with Crippen molar-refractivity contribution in [3.8, 4) is 0 Å². The molecule has 1 N–H and O–H groups in total. The summed E-state index contributed by atoms with van der Waals surface area (Å²) in [5.41, 5.74) is 4.55. The second kappa shape index (κ2) is 6.29. The number of anilines is 1. The van der Waals surface area contributed by atoms with E-state index >= 15 is 0 Å². The van der Waals surface area contributed by atoms with Gasteiger partial charge in [0.15, 0.2) is 0 Å². The monoisotopic (exact) mass is 323 g/mol. The molecule has 0 spiro atoms. The van der Waals surface area contributed by atoms with Crippen LogP contribution in [0.2, 0.25) is 0 Å². The lowest BCUT2D eigenvalue weighted by atomic mass is 10.1. The van der Waals surface area contributed by atoms with Crippen molar-refractivity contribution < 1.29 is 4.39 Å². The Bertz CT molecular complexity index is 847. The van der Waals surface area contributed by atoms with E-state index in [0.717, 1.165) is 38.4 Å². The maximum absolute atomic E-state index is 13.9. The van der Waals surface area contributed by atoms with Crippen molar-refractivity contribution in [2.45, 2.75) is 13.5 Å². The number of nitrogens with one attached hydrogen (secondary N) is 1. The number of nitrogens with zero attached hydrogens (tertiary/aromatic N) is 2. The van der Waals surface area contributed by atoms with Gasteiger partial charge in [0.25, 0.3) is 0 Å². The Balaban J connectivity index is 1.46. The van der Waals surface area contributed by atoms with Crippen LogP contribution in [-0.4, -0.2) is 36.1 Å². The molecule has 2 aromatic carbocycles. The first-order chi connectivity index (χ1) is 11.7. The molecule has 4 rings (SSSR count). The van der Waals surface area contributed by atoms with E-state index in [1.165, 1.54) is 28.2 Å². The molecule has 1 aliphatic rings. The summed E-state index contributed by atoms with van der Waals surface area (Å²) in [7, 11) is 0. The molecule has 1 aliphatic heterocycles. The maximum atomic E-state index is 13.9. The van der Waals surface area contributed by atoms with Gasteiger partial charge in [-0.2, -0.15) is 0 Å². The predicted molar refractivity (Wildman–Crippen MR) is 96.9 cm³/mol.